The predicted molar refractivity (Wildman–Crippen MR) is 73.9 cm³/mol. The summed E-state index contributed by atoms with van der Waals surface area (Å²) in [5, 5.41) is 7.04. The van der Waals surface area contributed by atoms with Crippen LogP contribution in [0.3, 0.4) is 0 Å². The molecule has 3 N–H and O–H groups in total. The van der Waals surface area contributed by atoms with Gasteiger partial charge in [-0.2, -0.15) is 0 Å². The minimum atomic E-state index is 0.383. The molecule has 17 heavy (non-hydrogen) atoms. The number of nitrogens with two attached hydrogens (primary N) is 1. The van der Waals surface area contributed by atoms with Crippen molar-refractivity contribution in [2.75, 3.05) is 5.32 Å². The monoisotopic (exact) mass is 311 g/mol. The lowest BCUT2D eigenvalue weighted by molar-refractivity contribution is 0.412. The highest BCUT2D eigenvalue weighted by molar-refractivity contribution is 9.10. The zero-order valence-corrected chi connectivity index (χ0v) is 11.2. The van der Waals surface area contributed by atoms with E-state index in [0.717, 1.165) is 21.4 Å². The van der Waals surface area contributed by atoms with Crippen molar-refractivity contribution in [2.24, 2.45) is 5.73 Å². The van der Waals surface area contributed by atoms with Gasteiger partial charge in [-0.3, -0.25) is 0 Å². The third kappa shape index (κ3) is 3.04. The molecule has 1 heterocycles. The average molecular weight is 312 g/mol. The molecule has 0 fully saturated rings. The van der Waals surface area contributed by atoms with Gasteiger partial charge in [0.2, 0.25) is 0 Å². The Hall–Kier alpha value is -1.40. The highest BCUT2D eigenvalue weighted by atomic mass is 79.9. The number of anilines is 1. The van der Waals surface area contributed by atoms with Gasteiger partial charge in [0, 0.05) is 21.8 Å². The van der Waals surface area contributed by atoms with Gasteiger partial charge in [0.05, 0.1) is 6.54 Å². The van der Waals surface area contributed by atoms with Gasteiger partial charge in [0.1, 0.15) is 16.9 Å². The first kappa shape index (κ1) is 12.1. The number of aromatic nitrogens is 1. The van der Waals surface area contributed by atoms with Crippen LogP contribution in [0.25, 0.3) is 0 Å². The molecule has 0 radical (unpaired) electrons. The van der Waals surface area contributed by atoms with Gasteiger partial charge in [-0.25, -0.2) is 0 Å². The van der Waals surface area contributed by atoms with Gasteiger partial charge in [0.25, 0.3) is 0 Å². The Morgan fingerprint density at radius 2 is 2.29 bits per heavy atom. The first-order valence-electron chi connectivity index (χ1n) is 4.89. The molecule has 1 aromatic carbocycles. The molecule has 2 rings (SSSR count). The van der Waals surface area contributed by atoms with Crippen molar-refractivity contribution in [3.8, 4) is 0 Å². The van der Waals surface area contributed by atoms with Crippen LogP contribution in [0.5, 0.6) is 0 Å². The summed E-state index contributed by atoms with van der Waals surface area (Å²) in [6.45, 7) is 0.599. The molecule has 6 heteroatoms. The van der Waals surface area contributed by atoms with Crippen molar-refractivity contribution >= 4 is 38.8 Å². The number of halogens is 1. The van der Waals surface area contributed by atoms with Gasteiger partial charge >= 0.3 is 0 Å². The van der Waals surface area contributed by atoms with E-state index >= 15 is 0 Å². The van der Waals surface area contributed by atoms with Crippen LogP contribution < -0.4 is 11.1 Å². The third-order valence-corrected chi connectivity index (χ3v) is 3.10. The summed E-state index contributed by atoms with van der Waals surface area (Å²) in [6, 6.07) is 7.48. The SMILES string of the molecule is NC(=S)c1ccc(NCc2ccon2)c(Br)c1. The summed E-state index contributed by atoms with van der Waals surface area (Å²) in [4.78, 5) is 0.383. The minimum Gasteiger partial charge on any atom is -0.389 e. The van der Waals surface area contributed by atoms with Crippen LogP contribution in [0.2, 0.25) is 0 Å². The lowest BCUT2D eigenvalue weighted by Gasteiger charge is -2.08. The Morgan fingerprint density at radius 3 is 2.88 bits per heavy atom. The molecule has 0 spiro atoms. The highest BCUT2D eigenvalue weighted by Gasteiger charge is 2.04. The topological polar surface area (TPSA) is 64.1 Å². The van der Waals surface area contributed by atoms with Crippen molar-refractivity contribution in [2.45, 2.75) is 6.54 Å². The van der Waals surface area contributed by atoms with Crippen molar-refractivity contribution < 1.29 is 4.52 Å². The average Bonchev–Trinajstić information content (AvgIpc) is 2.80. The van der Waals surface area contributed by atoms with Crippen LogP contribution in [0.4, 0.5) is 5.69 Å². The Labute approximate surface area is 112 Å². The molecule has 2 aromatic rings. The van der Waals surface area contributed by atoms with E-state index < -0.39 is 0 Å². The highest BCUT2D eigenvalue weighted by Crippen LogP contribution is 2.24. The summed E-state index contributed by atoms with van der Waals surface area (Å²) in [5.41, 5.74) is 8.18. The van der Waals surface area contributed by atoms with Gasteiger partial charge < -0.3 is 15.6 Å². The summed E-state index contributed by atoms with van der Waals surface area (Å²) in [6.07, 6.45) is 1.54. The molecule has 1 aromatic heterocycles. The molecule has 0 saturated heterocycles. The molecule has 0 unspecified atom stereocenters. The lowest BCUT2D eigenvalue weighted by atomic mass is 10.2. The smallest absolute Gasteiger partial charge is 0.124 e. The first-order chi connectivity index (χ1) is 8.16. The van der Waals surface area contributed by atoms with Crippen LogP contribution >= 0.6 is 28.1 Å². The Kier molecular flexibility index (Phi) is 3.75. The van der Waals surface area contributed by atoms with Gasteiger partial charge in [-0.1, -0.05) is 17.4 Å². The molecule has 0 aliphatic carbocycles. The molecule has 0 bridgehead atoms. The van der Waals surface area contributed by atoms with Gasteiger partial charge in [-0.05, 0) is 34.1 Å². The number of benzene rings is 1. The second-order valence-electron chi connectivity index (χ2n) is 3.40. The summed E-state index contributed by atoms with van der Waals surface area (Å²) < 4.78 is 5.66. The fraction of sp³-hybridized carbons (Fsp3) is 0.0909. The molecule has 0 atom stereocenters. The number of hydrogen-bond donors (Lipinski definition) is 2. The predicted octanol–water partition coefficient (Wildman–Crippen LogP) is 2.68. The number of thiocarbonyl (C=S) groups is 1. The Bertz CT molecular complexity index is 528. The fourth-order valence-corrected chi connectivity index (χ4v) is 1.97. The van der Waals surface area contributed by atoms with Crippen molar-refractivity contribution in [1.82, 2.24) is 5.16 Å². The van der Waals surface area contributed by atoms with Crippen molar-refractivity contribution in [3.05, 3.63) is 46.3 Å². The van der Waals surface area contributed by atoms with Crippen molar-refractivity contribution in [1.29, 1.82) is 0 Å². The number of rotatable bonds is 4. The molecule has 0 saturated carbocycles. The molecule has 0 aliphatic heterocycles. The molecule has 88 valence electrons. The lowest BCUT2D eigenvalue weighted by Crippen LogP contribution is -2.09. The van der Waals surface area contributed by atoms with Crippen molar-refractivity contribution in [3.63, 3.8) is 0 Å². The number of hydrogen-bond acceptors (Lipinski definition) is 4. The standard InChI is InChI=1S/C11H10BrN3OS/c12-9-5-7(11(13)17)1-2-10(9)14-6-8-3-4-16-15-8/h1-5,14H,6H2,(H2,13,17). The summed E-state index contributed by atoms with van der Waals surface area (Å²) >= 11 is 8.37. The van der Waals surface area contributed by atoms with Crippen LogP contribution in [0.1, 0.15) is 11.3 Å². The maximum Gasteiger partial charge on any atom is 0.124 e. The number of nitrogens with zero attached hydrogens (tertiary/aromatic N) is 1. The van der Waals surface area contributed by atoms with Crippen LogP contribution in [0.15, 0.2) is 39.5 Å². The van der Waals surface area contributed by atoms with Gasteiger partial charge in [-0.15, -0.1) is 0 Å². The second kappa shape index (κ2) is 5.29. The first-order valence-corrected chi connectivity index (χ1v) is 6.09. The Balaban J connectivity index is 2.09. The molecular formula is C11H10BrN3OS. The maximum atomic E-state index is 5.55. The van der Waals surface area contributed by atoms with Gasteiger partial charge in [0.15, 0.2) is 0 Å². The molecular weight excluding hydrogens is 302 g/mol. The van der Waals surface area contributed by atoms with Crippen LogP contribution in [-0.4, -0.2) is 10.1 Å². The largest absolute Gasteiger partial charge is 0.389 e. The normalized spacial score (nSPS) is 10.2. The zero-order valence-electron chi connectivity index (χ0n) is 8.81. The Morgan fingerprint density at radius 1 is 1.47 bits per heavy atom. The van der Waals surface area contributed by atoms with E-state index in [1.54, 1.807) is 6.26 Å². The fourth-order valence-electron chi connectivity index (χ4n) is 1.33. The second-order valence-corrected chi connectivity index (χ2v) is 4.70. The molecule has 0 amide bonds. The summed E-state index contributed by atoms with van der Waals surface area (Å²) in [5.74, 6) is 0. The molecule has 4 nitrogen and oxygen atoms in total. The van der Waals surface area contributed by atoms with Crippen LogP contribution in [-0.2, 0) is 6.54 Å². The van der Waals surface area contributed by atoms with E-state index in [9.17, 15) is 0 Å². The maximum absolute atomic E-state index is 5.55. The third-order valence-electron chi connectivity index (χ3n) is 2.20. The van der Waals surface area contributed by atoms with E-state index in [1.165, 1.54) is 0 Å². The quantitative estimate of drug-likeness (QED) is 0.850. The van der Waals surface area contributed by atoms with Crippen LogP contribution in [0, 0.1) is 0 Å². The zero-order chi connectivity index (χ0) is 12.3. The minimum absolute atomic E-state index is 0.383. The van der Waals surface area contributed by atoms with E-state index in [-0.39, 0.29) is 0 Å². The number of nitrogens with one attached hydrogen (secondary N) is 1. The van der Waals surface area contributed by atoms with E-state index in [0.29, 0.717) is 11.5 Å². The van der Waals surface area contributed by atoms with E-state index in [1.807, 2.05) is 24.3 Å². The van der Waals surface area contributed by atoms with E-state index in [2.05, 4.69) is 26.4 Å². The van der Waals surface area contributed by atoms with E-state index in [4.69, 9.17) is 22.5 Å². The molecule has 0 aliphatic rings. The summed E-state index contributed by atoms with van der Waals surface area (Å²) in [7, 11) is 0.